The highest BCUT2D eigenvalue weighted by Crippen LogP contribution is 2.39. The lowest BCUT2D eigenvalue weighted by Crippen LogP contribution is -2.47. The second-order valence-electron chi connectivity index (χ2n) is 7.72. The summed E-state index contributed by atoms with van der Waals surface area (Å²) < 4.78 is 0. The maximum atomic E-state index is 3.84. The Balaban J connectivity index is 1.33. The van der Waals surface area contributed by atoms with Crippen molar-refractivity contribution in [3.05, 3.63) is 0 Å². The molecule has 5 atom stereocenters. The number of fused-ring (bicyclic) bond motifs is 2. The first-order valence-electron chi connectivity index (χ1n) is 8.86. The van der Waals surface area contributed by atoms with E-state index in [-0.39, 0.29) is 0 Å². The molecule has 2 saturated carbocycles. The molecule has 19 heavy (non-hydrogen) atoms. The predicted octanol–water partition coefficient (Wildman–Crippen LogP) is 2.89. The molecular formula is C17H30N2. The fraction of sp³-hybridized carbons (Fsp3) is 1.00. The van der Waals surface area contributed by atoms with E-state index in [0.29, 0.717) is 0 Å². The van der Waals surface area contributed by atoms with Crippen LogP contribution in [0, 0.1) is 23.7 Å². The van der Waals surface area contributed by atoms with Crippen LogP contribution in [-0.4, -0.2) is 37.1 Å². The number of nitrogens with one attached hydrogen (secondary N) is 1. The third kappa shape index (κ3) is 2.47. The van der Waals surface area contributed by atoms with Gasteiger partial charge in [-0.05, 0) is 62.4 Å². The predicted molar refractivity (Wildman–Crippen MR) is 79.1 cm³/mol. The lowest BCUT2D eigenvalue weighted by atomic mass is 9.75. The van der Waals surface area contributed by atoms with E-state index < -0.39 is 0 Å². The van der Waals surface area contributed by atoms with Crippen LogP contribution in [0.2, 0.25) is 0 Å². The van der Waals surface area contributed by atoms with Crippen molar-refractivity contribution in [3.63, 3.8) is 0 Å². The Morgan fingerprint density at radius 2 is 1.68 bits per heavy atom. The van der Waals surface area contributed by atoms with Crippen LogP contribution in [-0.2, 0) is 0 Å². The van der Waals surface area contributed by atoms with Crippen LogP contribution in [0.4, 0.5) is 0 Å². The lowest BCUT2D eigenvalue weighted by Gasteiger charge is -2.42. The van der Waals surface area contributed by atoms with Gasteiger partial charge in [-0.3, -0.25) is 0 Å². The van der Waals surface area contributed by atoms with E-state index in [2.05, 4.69) is 10.2 Å². The van der Waals surface area contributed by atoms with Crippen molar-refractivity contribution >= 4 is 0 Å². The fourth-order valence-corrected chi connectivity index (χ4v) is 5.62. The van der Waals surface area contributed by atoms with Gasteiger partial charge >= 0.3 is 0 Å². The highest BCUT2D eigenvalue weighted by atomic mass is 15.2. The Bertz CT molecular complexity index is 316. The summed E-state index contributed by atoms with van der Waals surface area (Å²) in [7, 11) is 0. The zero-order valence-corrected chi connectivity index (χ0v) is 12.3. The summed E-state index contributed by atoms with van der Waals surface area (Å²) in [5.41, 5.74) is 0. The maximum Gasteiger partial charge on any atom is 0.0226 e. The normalized spacial score (nSPS) is 47.1. The molecule has 4 aliphatic rings. The summed E-state index contributed by atoms with van der Waals surface area (Å²) >= 11 is 0. The molecule has 2 saturated heterocycles. The Morgan fingerprint density at radius 1 is 0.842 bits per heavy atom. The number of rotatable bonds is 2. The van der Waals surface area contributed by atoms with E-state index in [0.717, 1.165) is 29.7 Å². The van der Waals surface area contributed by atoms with E-state index in [9.17, 15) is 0 Å². The summed E-state index contributed by atoms with van der Waals surface area (Å²) in [6.45, 7) is 5.47. The summed E-state index contributed by atoms with van der Waals surface area (Å²) in [4.78, 5) is 2.81. The monoisotopic (exact) mass is 262 g/mol. The summed E-state index contributed by atoms with van der Waals surface area (Å²) in [5, 5.41) is 3.84. The molecule has 0 amide bonds. The molecular weight excluding hydrogens is 232 g/mol. The lowest BCUT2D eigenvalue weighted by molar-refractivity contribution is 0.0771. The molecule has 2 aliphatic carbocycles. The number of nitrogens with zero attached hydrogens (tertiary/aromatic N) is 1. The van der Waals surface area contributed by atoms with Gasteiger partial charge in [0.2, 0.25) is 0 Å². The minimum atomic E-state index is 0.827. The molecule has 4 rings (SSSR count). The molecule has 2 nitrogen and oxygen atoms in total. The largest absolute Gasteiger partial charge is 0.312 e. The number of likely N-dealkylation sites (tertiary alicyclic amines) is 1. The van der Waals surface area contributed by atoms with Crippen LogP contribution in [0.15, 0.2) is 0 Å². The van der Waals surface area contributed by atoms with Crippen LogP contribution in [0.3, 0.4) is 0 Å². The standard InChI is InChI=1S/C17H30N2/c1-2-5-15-11-19(9-8-13(15)4-1)12-17-16-7-3-6-14(16)10-18-17/h13-18H,1-12H2. The molecule has 108 valence electrons. The van der Waals surface area contributed by atoms with Crippen LogP contribution in [0.5, 0.6) is 0 Å². The Hall–Kier alpha value is -0.0800. The van der Waals surface area contributed by atoms with Crippen molar-refractivity contribution in [1.82, 2.24) is 10.2 Å². The second-order valence-corrected chi connectivity index (χ2v) is 7.72. The quantitative estimate of drug-likeness (QED) is 0.823. The highest BCUT2D eigenvalue weighted by molar-refractivity contribution is 4.96. The topological polar surface area (TPSA) is 15.3 Å². The van der Waals surface area contributed by atoms with Gasteiger partial charge in [0.25, 0.3) is 0 Å². The fourth-order valence-electron chi connectivity index (χ4n) is 5.62. The summed E-state index contributed by atoms with van der Waals surface area (Å²) in [5.74, 6) is 4.17. The van der Waals surface area contributed by atoms with Crippen LogP contribution >= 0.6 is 0 Å². The van der Waals surface area contributed by atoms with Gasteiger partial charge in [0, 0.05) is 19.1 Å². The third-order valence-electron chi connectivity index (χ3n) is 6.71. The van der Waals surface area contributed by atoms with Gasteiger partial charge in [0.05, 0.1) is 0 Å². The molecule has 2 aliphatic heterocycles. The number of hydrogen-bond acceptors (Lipinski definition) is 2. The van der Waals surface area contributed by atoms with E-state index in [4.69, 9.17) is 0 Å². The number of piperidine rings is 1. The first kappa shape index (κ1) is 12.6. The van der Waals surface area contributed by atoms with Crippen LogP contribution in [0.25, 0.3) is 0 Å². The van der Waals surface area contributed by atoms with Crippen molar-refractivity contribution in [1.29, 1.82) is 0 Å². The van der Waals surface area contributed by atoms with Crippen LogP contribution < -0.4 is 5.32 Å². The van der Waals surface area contributed by atoms with E-state index >= 15 is 0 Å². The summed E-state index contributed by atoms with van der Waals surface area (Å²) in [6.07, 6.45) is 12.1. The molecule has 2 heteroatoms. The van der Waals surface area contributed by atoms with Gasteiger partial charge in [-0.1, -0.05) is 25.7 Å². The molecule has 5 unspecified atom stereocenters. The van der Waals surface area contributed by atoms with Gasteiger partial charge in [-0.15, -0.1) is 0 Å². The molecule has 4 fully saturated rings. The average molecular weight is 262 g/mol. The van der Waals surface area contributed by atoms with E-state index in [1.54, 1.807) is 0 Å². The molecule has 0 aromatic rings. The minimum Gasteiger partial charge on any atom is -0.312 e. The van der Waals surface area contributed by atoms with Crippen molar-refractivity contribution in [2.45, 2.75) is 57.4 Å². The van der Waals surface area contributed by atoms with E-state index in [1.165, 1.54) is 77.5 Å². The van der Waals surface area contributed by atoms with Crippen molar-refractivity contribution in [3.8, 4) is 0 Å². The number of hydrogen-bond donors (Lipinski definition) is 1. The summed E-state index contributed by atoms with van der Waals surface area (Å²) in [6, 6.07) is 0.827. The van der Waals surface area contributed by atoms with Crippen molar-refractivity contribution in [2.75, 3.05) is 26.2 Å². The van der Waals surface area contributed by atoms with Crippen LogP contribution in [0.1, 0.15) is 51.4 Å². The SMILES string of the molecule is C1CCC2CN(CC3NCC4CCCC43)CCC2C1. The maximum absolute atomic E-state index is 3.84. The van der Waals surface area contributed by atoms with Crippen molar-refractivity contribution in [2.24, 2.45) is 23.7 Å². The molecule has 0 bridgehead atoms. The molecule has 1 N–H and O–H groups in total. The zero-order chi connectivity index (χ0) is 12.7. The van der Waals surface area contributed by atoms with E-state index in [1.807, 2.05) is 0 Å². The molecule has 0 aromatic heterocycles. The van der Waals surface area contributed by atoms with Gasteiger partial charge in [-0.25, -0.2) is 0 Å². The van der Waals surface area contributed by atoms with Gasteiger partial charge < -0.3 is 10.2 Å². The third-order valence-corrected chi connectivity index (χ3v) is 6.71. The van der Waals surface area contributed by atoms with Gasteiger partial charge in [0.1, 0.15) is 0 Å². The smallest absolute Gasteiger partial charge is 0.0226 e. The molecule has 0 radical (unpaired) electrons. The van der Waals surface area contributed by atoms with Crippen molar-refractivity contribution < 1.29 is 0 Å². The van der Waals surface area contributed by atoms with Gasteiger partial charge in [0.15, 0.2) is 0 Å². The molecule has 0 aromatic carbocycles. The van der Waals surface area contributed by atoms with Gasteiger partial charge in [-0.2, -0.15) is 0 Å². The Morgan fingerprint density at radius 3 is 2.63 bits per heavy atom. The molecule has 2 heterocycles. The first-order valence-corrected chi connectivity index (χ1v) is 8.86. The average Bonchev–Trinajstić information content (AvgIpc) is 3.04. The highest BCUT2D eigenvalue weighted by Gasteiger charge is 2.40. The molecule has 0 spiro atoms. The Kier molecular flexibility index (Phi) is 3.57. The first-order chi connectivity index (χ1) is 9.40. The Labute approximate surface area is 118 Å². The second kappa shape index (κ2) is 5.37. The minimum absolute atomic E-state index is 0.827. The zero-order valence-electron chi connectivity index (χ0n) is 12.3.